The minimum atomic E-state index is -0.528. The van der Waals surface area contributed by atoms with E-state index in [2.05, 4.69) is 24.4 Å². The largest absolute Gasteiger partial charge is 0.313 e. The normalized spacial score (nSPS) is 12.3. The van der Waals surface area contributed by atoms with E-state index >= 15 is 0 Å². The number of benzene rings is 2. The third-order valence-corrected chi connectivity index (χ3v) is 3.37. The fourth-order valence-electron chi connectivity index (χ4n) is 2.21. The molecule has 0 amide bonds. The third-order valence-electron chi connectivity index (χ3n) is 3.37. The van der Waals surface area contributed by atoms with E-state index in [9.17, 15) is 8.78 Å². The Bertz CT molecular complexity index is 520. The van der Waals surface area contributed by atoms with Crippen molar-refractivity contribution in [2.75, 3.05) is 6.54 Å². The number of halogens is 2. The molecule has 1 nitrogen and oxygen atoms in total. The van der Waals surface area contributed by atoms with Crippen molar-refractivity contribution in [3.05, 3.63) is 71.3 Å². The highest BCUT2D eigenvalue weighted by atomic mass is 19.1. The first-order valence-corrected chi connectivity index (χ1v) is 6.86. The van der Waals surface area contributed by atoms with Crippen LogP contribution >= 0.6 is 0 Å². The number of nitrogens with one attached hydrogen (secondary N) is 1. The summed E-state index contributed by atoms with van der Waals surface area (Å²) in [6.45, 7) is 3.48. The van der Waals surface area contributed by atoms with Crippen LogP contribution in [0.4, 0.5) is 8.78 Å². The molecule has 0 aliphatic rings. The molecular formula is C17H19F2N. The Morgan fingerprint density at radius 2 is 1.65 bits per heavy atom. The Morgan fingerprint density at radius 3 is 2.30 bits per heavy atom. The SMILES string of the molecule is CC(CCNCc1cc(F)cc(F)c1)c1ccccc1. The first kappa shape index (κ1) is 14.7. The molecular weight excluding hydrogens is 256 g/mol. The van der Waals surface area contributed by atoms with E-state index in [1.54, 1.807) is 0 Å². The van der Waals surface area contributed by atoms with Crippen LogP contribution in [0.3, 0.4) is 0 Å². The Kier molecular flexibility index (Phi) is 5.24. The molecule has 1 atom stereocenters. The number of rotatable bonds is 6. The van der Waals surface area contributed by atoms with Crippen molar-refractivity contribution < 1.29 is 8.78 Å². The van der Waals surface area contributed by atoms with Crippen molar-refractivity contribution in [2.24, 2.45) is 0 Å². The molecule has 2 aromatic carbocycles. The molecule has 0 aliphatic carbocycles. The monoisotopic (exact) mass is 275 g/mol. The maximum Gasteiger partial charge on any atom is 0.126 e. The maximum atomic E-state index is 13.0. The first-order chi connectivity index (χ1) is 9.65. The second-order valence-electron chi connectivity index (χ2n) is 5.05. The molecule has 0 radical (unpaired) electrons. The molecule has 0 saturated heterocycles. The predicted octanol–water partition coefficient (Wildman–Crippen LogP) is 4.25. The fraction of sp³-hybridized carbons (Fsp3) is 0.294. The van der Waals surface area contributed by atoms with Crippen LogP contribution in [-0.2, 0) is 6.54 Å². The van der Waals surface area contributed by atoms with Gasteiger partial charge < -0.3 is 5.32 Å². The quantitative estimate of drug-likeness (QED) is 0.777. The third kappa shape index (κ3) is 4.42. The van der Waals surface area contributed by atoms with Crippen molar-refractivity contribution in [3.8, 4) is 0 Å². The van der Waals surface area contributed by atoms with Crippen LogP contribution in [-0.4, -0.2) is 6.54 Å². The summed E-state index contributed by atoms with van der Waals surface area (Å²) in [5, 5.41) is 3.22. The molecule has 2 rings (SSSR count). The van der Waals surface area contributed by atoms with Crippen LogP contribution < -0.4 is 5.32 Å². The van der Waals surface area contributed by atoms with E-state index in [4.69, 9.17) is 0 Å². The Morgan fingerprint density at radius 1 is 1.00 bits per heavy atom. The molecule has 0 spiro atoms. The van der Waals surface area contributed by atoms with E-state index in [-0.39, 0.29) is 0 Å². The lowest BCUT2D eigenvalue weighted by atomic mass is 9.98. The van der Waals surface area contributed by atoms with Crippen molar-refractivity contribution in [3.63, 3.8) is 0 Å². The molecule has 3 heteroatoms. The molecule has 1 unspecified atom stereocenters. The van der Waals surface area contributed by atoms with Gasteiger partial charge in [0, 0.05) is 12.6 Å². The van der Waals surface area contributed by atoms with Crippen LogP contribution in [0.25, 0.3) is 0 Å². The van der Waals surface area contributed by atoms with Crippen LogP contribution in [0.1, 0.15) is 30.4 Å². The summed E-state index contributed by atoms with van der Waals surface area (Å²) in [5.74, 6) is -0.591. The Balaban J connectivity index is 1.76. The summed E-state index contributed by atoms with van der Waals surface area (Å²) >= 11 is 0. The first-order valence-electron chi connectivity index (χ1n) is 6.86. The van der Waals surface area contributed by atoms with E-state index < -0.39 is 11.6 Å². The van der Waals surface area contributed by atoms with Gasteiger partial charge in [0.25, 0.3) is 0 Å². The predicted molar refractivity (Wildman–Crippen MR) is 77.5 cm³/mol. The van der Waals surface area contributed by atoms with Crippen LogP contribution in [0.2, 0.25) is 0 Å². The molecule has 20 heavy (non-hydrogen) atoms. The van der Waals surface area contributed by atoms with Gasteiger partial charge in [-0.25, -0.2) is 8.78 Å². The topological polar surface area (TPSA) is 12.0 Å². The lowest BCUT2D eigenvalue weighted by Gasteiger charge is -2.12. The molecule has 1 N–H and O–H groups in total. The zero-order valence-corrected chi connectivity index (χ0v) is 11.6. The van der Waals surface area contributed by atoms with Crippen molar-refractivity contribution >= 4 is 0 Å². The molecule has 2 aromatic rings. The molecule has 0 aliphatic heterocycles. The van der Waals surface area contributed by atoms with Gasteiger partial charge in [0.15, 0.2) is 0 Å². The molecule has 0 fully saturated rings. The van der Waals surface area contributed by atoms with E-state index in [1.807, 2.05) is 18.2 Å². The molecule has 0 aromatic heterocycles. The summed E-state index contributed by atoms with van der Waals surface area (Å²) in [5.41, 5.74) is 1.95. The number of hydrogen-bond donors (Lipinski definition) is 1. The second-order valence-corrected chi connectivity index (χ2v) is 5.05. The van der Waals surface area contributed by atoms with Crippen LogP contribution in [0.5, 0.6) is 0 Å². The van der Waals surface area contributed by atoms with Gasteiger partial charge >= 0.3 is 0 Å². The summed E-state index contributed by atoms with van der Waals surface area (Å²) in [7, 11) is 0. The standard InChI is InChI=1S/C17H19F2N/c1-13(15-5-3-2-4-6-15)7-8-20-12-14-9-16(18)11-17(19)10-14/h2-6,9-11,13,20H,7-8,12H2,1H3. The van der Waals surface area contributed by atoms with Gasteiger partial charge in [-0.3, -0.25) is 0 Å². The van der Waals surface area contributed by atoms with Gasteiger partial charge in [-0.2, -0.15) is 0 Å². The minimum absolute atomic E-state index is 0.466. The van der Waals surface area contributed by atoms with Gasteiger partial charge in [-0.1, -0.05) is 37.3 Å². The van der Waals surface area contributed by atoms with Crippen LogP contribution in [0.15, 0.2) is 48.5 Å². The highest BCUT2D eigenvalue weighted by Gasteiger charge is 2.04. The Labute approximate surface area is 118 Å². The lowest BCUT2D eigenvalue weighted by Crippen LogP contribution is -2.16. The van der Waals surface area contributed by atoms with Gasteiger partial charge in [-0.05, 0) is 42.1 Å². The Hall–Kier alpha value is -1.74. The zero-order chi connectivity index (χ0) is 14.4. The van der Waals surface area contributed by atoms with Crippen LogP contribution in [0, 0.1) is 11.6 Å². The van der Waals surface area contributed by atoms with Gasteiger partial charge in [-0.15, -0.1) is 0 Å². The molecule has 106 valence electrons. The zero-order valence-electron chi connectivity index (χ0n) is 11.6. The average Bonchev–Trinajstić information content (AvgIpc) is 2.43. The smallest absolute Gasteiger partial charge is 0.126 e. The summed E-state index contributed by atoms with van der Waals surface area (Å²) in [6.07, 6.45) is 0.988. The van der Waals surface area contributed by atoms with E-state index in [1.165, 1.54) is 17.7 Å². The maximum absolute atomic E-state index is 13.0. The van der Waals surface area contributed by atoms with Crippen molar-refractivity contribution in [1.29, 1.82) is 0 Å². The van der Waals surface area contributed by atoms with Crippen molar-refractivity contribution in [1.82, 2.24) is 5.32 Å². The summed E-state index contributed by atoms with van der Waals surface area (Å²) in [6, 6.07) is 13.9. The second kappa shape index (κ2) is 7.15. The highest BCUT2D eigenvalue weighted by Crippen LogP contribution is 2.17. The fourth-order valence-corrected chi connectivity index (χ4v) is 2.21. The van der Waals surface area contributed by atoms with Crippen molar-refractivity contribution in [2.45, 2.75) is 25.8 Å². The van der Waals surface area contributed by atoms with Gasteiger partial charge in [0.1, 0.15) is 11.6 Å². The molecule has 0 bridgehead atoms. The van der Waals surface area contributed by atoms with E-state index in [0.717, 1.165) is 19.0 Å². The van der Waals surface area contributed by atoms with E-state index in [0.29, 0.717) is 18.0 Å². The summed E-state index contributed by atoms with van der Waals surface area (Å²) < 4.78 is 26.0. The average molecular weight is 275 g/mol. The summed E-state index contributed by atoms with van der Waals surface area (Å²) in [4.78, 5) is 0. The highest BCUT2D eigenvalue weighted by molar-refractivity contribution is 5.19. The molecule has 0 saturated carbocycles. The molecule has 0 heterocycles. The lowest BCUT2D eigenvalue weighted by molar-refractivity contribution is 0.567. The van der Waals surface area contributed by atoms with Gasteiger partial charge in [0.05, 0.1) is 0 Å². The number of hydrogen-bond acceptors (Lipinski definition) is 1. The van der Waals surface area contributed by atoms with Gasteiger partial charge in [0.2, 0.25) is 0 Å². The minimum Gasteiger partial charge on any atom is -0.313 e.